The third-order valence-electron chi connectivity index (χ3n) is 5.07. The van der Waals surface area contributed by atoms with Crippen molar-refractivity contribution in [2.45, 2.75) is 13.5 Å². The lowest BCUT2D eigenvalue weighted by molar-refractivity contribution is -0.123. The summed E-state index contributed by atoms with van der Waals surface area (Å²) in [4.78, 5) is 26.6. The number of aryl methyl sites for hydroxylation is 1. The average Bonchev–Trinajstić information content (AvgIpc) is 3.08. The first-order valence-corrected chi connectivity index (χ1v) is 12.1. The number of rotatable bonds is 8. The quantitative estimate of drug-likeness (QED) is 0.303. The lowest BCUT2D eigenvalue weighted by Gasteiger charge is -2.13. The van der Waals surface area contributed by atoms with Crippen molar-refractivity contribution in [3.8, 4) is 11.5 Å². The number of benzene rings is 3. The van der Waals surface area contributed by atoms with E-state index in [1.54, 1.807) is 30.3 Å². The maximum absolute atomic E-state index is 12.7. The smallest absolute Gasteiger partial charge is 0.293 e. The van der Waals surface area contributed by atoms with Crippen molar-refractivity contribution in [1.82, 2.24) is 4.90 Å². The molecular weight excluding hydrogens is 493 g/mol. The van der Waals surface area contributed by atoms with Gasteiger partial charge in [0.15, 0.2) is 0 Å². The summed E-state index contributed by atoms with van der Waals surface area (Å²) in [6.45, 7) is 2.66. The maximum Gasteiger partial charge on any atom is 0.293 e. The lowest BCUT2D eigenvalue weighted by atomic mass is 10.2. The summed E-state index contributed by atoms with van der Waals surface area (Å²) < 4.78 is 11.4. The number of nitrogens with zero attached hydrogens (tertiary/aromatic N) is 1. The van der Waals surface area contributed by atoms with Gasteiger partial charge in [-0.2, -0.15) is 0 Å². The minimum absolute atomic E-state index is 0.172. The first-order valence-electron chi connectivity index (χ1n) is 10.5. The zero-order valence-corrected chi connectivity index (χ0v) is 20.6. The van der Waals surface area contributed by atoms with Crippen LogP contribution in [0.3, 0.4) is 0 Å². The molecule has 0 aromatic heterocycles. The van der Waals surface area contributed by atoms with E-state index in [9.17, 15) is 9.59 Å². The first-order chi connectivity index (χ1) is 16.4. The second kappa shape index (κ2) is 11.0. The fourth-order valence-electron chi connectivity index (χ4n) is 3.23. The van der Waals surface area contributed by atoms with Crippen molar-refractivity contribution in [2.24, 2.45) is 0 Å². The van der Waals surface area contributed by atoms with E-state index in [4.69, 9.17) is 32.7 Å². The molecule has 2 amide bonds. The van der Waals surface area contributed by atoms with E-state index in [1.807, 2.05) is 49.4 Å². The fraction of sp³-hybridized carbons (Fsp3) is 0.154. The summed E-state index contributed by atoms with van der Waals surface area (Å²) in [6.07, 6.45) is 1.65. The molecule has 3 aromatic carbocycles. The van der Waals surface area contributed by atoms with Gasteiger partial charge in [0, 0.05) is 10.6 Å². The average molecular weight is 514 g/mol. The van der Waals surface area contributed by atoms with E-state index in [-0.39, 0.29) is 30.9 Å². The standard InChI is InChI=1S/C26H21Cl2NO4S/c1-17-6-9-20(10-7-17)32-13-12-29-25(30)24(34-26(29)31)15-18-8-11-23(22(28)14-18)33-16-19-4-2-3-5-21(19)27/h2-11,14-15H,12-13,16H2,1H3/b24-15-. The molecule has 1 aliphatic rings. The Bertz CT molecular complexity index is 1240. The number of halogens is 2. The number of carbonyl (C=O) groups is 2. The SMILES string of the molecule is Cc1ccc(OCCN2C(=O)S/C(=C\c3ccc(OCc4ccccc4Cl)c(Cl)c3)C2=O)cc1. The Labute approximate surface area is 212 Å². The summed E-state index contributed by atoms with van der Waals surface area (Å²) in [7, 11) is 0. The van der Waals surface area contributed by atoms with Crippen LogP contribution in [0.15, 0.2) is 71.6 Å². The fourth-order valence-corrected chi connectivity index (χ4v) is 4.53. The minimum atomic E-state index is -0.349. The van der Waals surface area contributed by atoms with E-state index in [1.165, 1.54) is 4.90 Å². The molecule has 8 heteroatoms. The summed E-state index contributed by atoms with van der Waals surface area (Å²) in [5.41, 5.74) is 2.67. The highest BCUT2D eigenvalue weighted by molar-refractivity contribution is 8.18. The molecule has 0 unspecified atom stereocenters. The van der Waals surface area contributed by atoms with Crippen LogP contribution < -0.4 is 9.47 Å². The molecule has 0 spiro atoms. The van der Waals surface area contributed by atoms with Crippen molar-refractivity contribution in [3.63, 3.8) is 0 Å². The molecule has 34 heavy (non-hydrogen) atoms. The highest BCUT2D eigenvalue weighted by atomic mass is 35.5. The number of imide groups is 1. The minimum Gasteiger partial charge on any atom is -0.492 e. The van der Waals surface area contributed by atoms with Crippen molar-refractivity contribution in [3.05, 3.63) is 98.4 Å². The molecule has 0 atom stereocenters. The number of thioether (sulfide) groups is 1. The van der Waals surface area contributed by atoms with Gasteiger partial charge in [-0.15, -0.1) is 0 Å². The number of ether oxygens (including phenoxy) is 2. The van der Waals surface area contributed by atoms with Crippen molar-refractivity contribution in [1.29, 1.82) is 0 Å². The van der Waals surface area contributed by atoms with E-state index >= 15 is 0 Å². The molecule has 1 saturated heterocycles. The highest BCUT2D eigenvalue weighted by Crippen LogP contribution is 2.34. The van der Waals surface area contributed by atoms with Crippen molar-refractivity contribution < 1.29 is 19.1 Å². The third-order valence-corrected chi connectivity index (χ3v) is 6.64. The van der Waals surface area contributed by atoms with Gasteiger partial charge in [0.2, 0.25) is 0 Å². The summed E-state index contributed by atoms with van der Waals surface area (Å²) in [5.74, 6) is 0.845. The van der Waals surface area contributed by atoms with Gasteiger partial charge >= 0.3 is 0 Å². The van der Waals surface area contributed by atoms with Crippen LogP contribution in [0.5, 0.6) is 11.5 Å². The van der Waals surface area contributed by atoms with E-state index in [2.05, 4.69) is 0 Å². The number of hydrogen-bond donors (Lipinski definition) is 0. The van der Waals surface area contributed by atoms with Gasteiger partial charge in [-0.25, -0.2) is 0 Å². The second-order valence-electron chi connectivity index (χ2n) is 7.56. The molecule has 1 fully saturated rings. The Morgan fingerprint density at radius 1 is 0.941 bits per heavy atom. The Kier molecular flexibility index (Phi) is 7.83. The zero-order chi connectivity index (χ0) is 24.1. The topological polar surface area (TPSA) is 55.8 Å². The summed E-state index contributed by atoms with van der Waals surface area (Å²) in [5, 5.41) is 0.691. The summed E-state index contributed by atoms with van der Waals surface area (Å²) >= 11 is 13.4. The molecule has 0 bridgehead atoms. The van der Waals surface area contributed by atoms with Crippen LogP contribution in [0.4, 0.5) is 4.79 Å². The predicted octanol–water partition coefficient (Wildman–Crippen LogP) is 7.00. The van der Waals surface area contributed by atoms with E-state index < -0.39 is 0 Å². The molecule has 4 rings (SSSR count). The molecule has 0 radical (unpaired) electrons. The highest BCUT2D eigenvalue weighted by Gasteiger charge is 2.34. The largest absolute Gasteiger partial charge is 0.492 e. The van der Waals surface area contributed by atoms with Crippen LogP contribution in [-0.4, -0.2) is 29.2 Å². The van der Waals surface area contributed by atoms with Crippen molar-refractivity contribution >= 4 is 52.2 Å². The normalized spacial score (nSPS) is 14.7. The Morgan fingerprint density at radius 3 is 2.44 bits per heavy atom. The van der Waals surface area contributed by atoms with Gasteiger partial charge in [-0.1, -0.05) is 65.2 Å². The van der Waals surface area contributed by atoms with E-state index in [0.29, 0.717) is 32.0 Å². The molecular formula is C26H21Cl2NO4S. The number of carbonyl (C=O) groups excluding carboxylic acids is 2. The van der Waals surface area contributed by atoms with Gasteiger partial charge in [-0.3, -0.25) is 14.5 Å². The zero-order valence-electron chi connectivity index (χ0n) is 18.3. The molecule has 1 heterocycles. The summed E-state index contributed by atoms with van der Waals surface area (Å²) in [6, 6.07) is 20.2. The van der Waals surface area contributed by atoms with Gasteiger partial charge in [0.1, 0.15) is 24.7 Å². The number of amides is 2. The predicted molar refractivity (Wildman–Crippen MR) is 137 cm³/mol. The van der Waals surface area contributed by atoms with Crippen molar-refractivity contribution in [2.75, 3.05) is 13.2 Å². The van der Waals surface area contributed by atoms with Gasteiger partial charge in [0.05, 0.1) is 16.5 Å². The third kappa shape index (κ3) is 5.95. The maximum atomic E-state index is 12.7. The van der Waals surface area contributed by atoms with E-state index in [0.717, 1.165) is 22.9 Å². The molecule has 3 aromatic rings. The van der Waals surface area contributed by atoms with Crippen LogP contribution in [0.2, 0.25) is 10.0 Å². The van der Waals surface area contributed by atoms with Crippen LogP contribution in [0.1, 0.15) is 16.7 Å². The number of hydrogen-bond acceptors (Lipinski definition) is 5. The Hall–Kier alpha value is -2.93. The van der Waals surface area contributed by atoms with Crippen LogP contribution in [0.25, 0.3) is 6.08 Å². The Balaban J connectivity index is 1.36. The molecule has 1 aliphatic heterocycles. The van der Waals surface area contributed by atoms with Crippen LogP contribution in [-0.2, 0) is 11.4 Å². The van der Waals surface area contributed by atoms with Crippen LogP contribution >= 0.6 is 35.0 Å². The first kappa shape index (κ1) is 24.2. The molecule has 174 valence electrons. The Morgan fingerprint density at radius 2 is 1.71 bits per heavy atom. The van der Waals surface area contributed by atoms with Gasteiger partial charge < -0.3 is 9.47 Å². The molecule has 0 N–H and O–H groups in total. The van der Waals surface area contributed by atoms with Gasteiger partial charge in [0.25, 0.3) is 11.1 Å². The molecule has 0 aliphatic carbocycles. The molecule has 5 nitrogen and oxygen atoms in total. The molecule has 0 saturated carbocycles. The second-order valence-corrected chi connectivity index (χ2v) is 9.37. The monoisotopic (exact) mass is 513 g/mol. The lowest BCUT2D eigenvalue weighted by Crippen LogP contribution is -2.32. The van der Waals surface area contributed by atoms with Crippen LogP contribution in [0, 0.1) is 6.92 Å². The van der Waals surface area contributed by atoms with Gasteiger partial charge in [-0.05, 0) is 60.7 Å².